The van der Waals surface area contributed by atoms with Crippen molar-refractivity contribution in [3.8, 4) is 5.75 Å². The monoisotopic (exact) mass is 573 g/mol. The van der Waals surface area contributed by atoms with E-state index in [4.69, 9.17) is 27.9 Å². The van der Waals surface area contributed by atoms with Crippen LogP contribution in [0.25, 0.3) is 0 Å². The second kappa shape index (κ2) is 9.88. The summed E-state index contributed by atoms with van der Waals surface area (Å²) >= 11 is 12.2. The van der Waals surface area contributed by atoms with Gasteiger partial charge in [0.1, 0.15) is 12.5 Å². The molecule has 0 atom stereocenters. The van der Waals surface area contributed by atoms with Crippen LogP contribution in [-0.2, 0) is 23.9 Å². The van der Waals surface area contributed by atoms with Gasteiger partial charge in [-0.15, -0.1) is 0 Å². The lowest BCUT2D eigenvalue weighted by atomic mass is 9.85. The molecule has 7 nitrogen and oxygen atoms in total. The number of benzene rings is 3. The van der Waals surface area contributed by atoms with Gasteiger partial charge in [0.15, 0.2) is 5.75 Å². The smallest absolute Gasteiger partial charge is 0.424 e. The van der Waals surface area contributed by atoms with Gasteiger partial charge in [-0.25, -0.2) is 4.79 Å². The molecule has 0 saturated carbocycles. The minimum Gasteiger partial charge on any atom is -0.424 e. The molecule has 0 radical (unpaired) electrons. The predicted octanol–water partition coefficient (Wildman–Crippen LogP) is 5.88. The number of alkyl halides is 3. The van der Waals surface area contributed by atoms with Gasteiger partial charge in [0.05, 0.1) is 5.02 Å². The van der Waals surface area contributed by atoms with Crippen LogP contribution in [0.3, 0.4) is 0 Å². The SMILES string of the molecule is Cc1cc(Cl)cc(Cl)c1OC(=O)C1c2ccccc2N(CC(=O)OS(=O)(=O)C(F)(F)F)c2ccccc21. The zero-order chi connectivity index (χ0) is 27.1. The molecule has 1 aliphatic rings. The first-order chi connectivity index (χ1) is 17.3. The minimum atomic E-state index is -6.14. The summed E-state index contributed by atoms with van der Waals surface area (Å²) in [6.07, 6.45) is 0. The molecule has 3 aromatic carbocycles. The lowest BCUT2D eigenvalue weighted by molar-refractivity contribution is -0.135. The molecular weight excluding hydrogens is 558 g/mol. The van der Waals surface area contributed by atoms with Crippen LogP contribution < -0.4 is 9.64 Å². The second-order valence-corrected chi connectivity index (χ2v) is 10.3. The first-order valence-electron chi connectivity index (χ1n) is 10.5. The Labute approximate surface area is 219 Å². The number of fused-ring (bicyclic) bond motifs is 2. The fourth-order valence-corrected chi connectivity index (χ4v) is 5.01. The molecular formula is C24H16Cl2F3NO6S. The van der Waals surface area contributed by atoms with Gasteiger partial charge >= 0.3 is 27.6 Å². The summed E-state index contributed by atoms with van der Waals surface area (Å²) in [5, 5.41) is 0.469. The summed E-state index contributed by atoms with van der Waals surface area (Å²) in [5.41, 5.74) is -4.00. The van der Waals surface area contributed by atoms with Crippen molar-refractivity contribution >= 4 is 56.6 Å². The van der Waals surface area contributed by atoms with Crippen LogP contribution in [-0.4, -0.2) is 32.4 Å². The summed E-state index contributed by atoms with van der Waals surface area (Å²) in [7, 11) is -6.14. The molecule has 0 unspecified atom stereocenters. The molecule has 0 aliphatic carbocycles. The number of halogens is 5. The first kappa shape index (κ1) is 26.8. The van der Waals surface area contributed by atoms with Crippen LogP contribution in [0.5, 0.6) is 5.75 Å². The van der Waals surface area contributed by atoms with Crippen LogP contribution in [0, 0.1) is 6.92 Å². The van der Waals surface area contributed by atoms with Gasteiger partial charge in [-0.2, -0.15) is 21.6 Å². The maximum absolute atomic E-state index is 13.5. The standard InChI is InChI=1S/C24H16Cl2F3NO6S/c1-13-10-14(25)11-17(26)22(13)35-23(32)21-15-6-2-4-8-18(15)30(19-9-5-3-7-16(19)21)12-20(31)36-37(33,34)24(27,28)29/h2-11,21H,12H2,1H3. The van der Waals surface area contributed by atoms with Crippen LogP contribution in [0.4, 0.5) is 24.5 Å². The number of ether oxygens (including phenoxy) is 1. The van der Waals surface area contributed by atoms with E-state index < -0.39 is 40.0 Å². The van der Waals surface area contributed by atoms with E-state index in [2.05, 4.69) is 4.18 Å². The van der Waals surface area contributed by atoms with Gasteiger partial charge in [0, 0.05) is 16.4 Å². The van der Waals surface area contributed by atoms with Gasteiger partial charge < -0.3 is 13.8 Å². The highest BCUT2D eigenvalue weighted by Crippen LogP contribution is 2.46. The van der Waals surface area contributed by atoms with E-state index in [1.807, 2.05) is 0 Å². The number of carbonyl (C=O) groups is 2. The van der Waals surface area contributed by atoms with E-state index in [0.29, 0.717) is 21.7 Å². The number of anilines is 2. The lowest BCUT2D eigenvalue weighted by Crippen LogP contribution is -2.36. The van der Waals surface area contributed by atoms with Crippen molar-refractivity contribution in [1.29, 1.82) is 0 Å². The van der Waals surface area contributed by atoms with Gasteiger partial charge in [-0.3, -0.25) is 4.79 Å². The third kappa shape index (κ3) is 5.25. The van der Waals surface area contributed by atoms with Crippen molar-refractivity contribution in [1.82, 2.24) is 0 Å². The van der Waals surface area contributed by atoms with Crippen LogP contribution >= 0.6 is 23.2 Å². The van der Waals surface area contributed by atoms with Crippen molar-refractivity contribution in [3.63, 3.8) is 0 Å². The zero-order valence-corrected chi connectivity index (χ0v) is 21.1. The third-order valence-electron chi connectivity index (χ3n) is 5.48. The molecule has 13 heteroatoms. The maximum atomic E-state index is 13.5. The molecule has 0 spiro atoms. The molecule has 37 heavy (non-hydrogen) atoms. The number of hydrogen-bond donors (Lipinski definition) is 0. The maximum Gasteiger partial charge on any atom is 0.534 e. The molecule has 0 N–H and O–H groups in total. The Kier molecular flexibility index (Phi) is 7.15. The molecule has 0 saturated heterocycles. The molecule has 194 valence electrons. The molecule has 4 rings (SSSR count). The molecule has 0 aromatic heterocycles. The van der Waals surface area contributed by atoms with Crippen molar-refractivity contribution in [2.75, 3.05) is 11.4 Å². The highest BCUT2D eigenvalue weighted by Gasteiger charge is 2.50. The Hall–Kier alpha value is -3.28. The normalized spacial score (nSPS) is 13.5. The van der Waals surface area contributed by atoms with Gasteiger partial charge in [0.25, 0.3) is 0 Å². The zero-order valence-electron chi connectivity index (χ0n) is 18.8. The number of carbonyl (C=O) groups excluding carboxylic acids is 2. The quantitative estimate of drug-likeness (QED) is 0.163. The minimum absolute atomic E-state index is 0.106. The first-order valence-corrected chi connectivity index (χ1v) is 12.6. The van der Waals surface area contributed by atoms with E-state index in [-0.39, 0.29) is 22.1 Å². The van der Waals surface area contributed by atoms with Crippen LogP contribution in [0.1, 0.15) is 22.6 Å². The fraction of sp³-hybridized carbons (Fsp3) is 0.167. The molecule has 1 heterocycles. The van der Waals surface area contributed by atoms with Gasteiger partial charge in [-0.05, 0) is 47.9 Å². The average molecular weight is 574 g/mol. The van der Waals surface area contributed by atoms with E-state index in [1.165, 1.54) is 23.1 Å². The van der Waals surface area contributed by atoms with Crippen LogP contribution in [0.15, 0.2) is 60.7 Å². The highest BCUT2D eigenvalue weighted by atomic mass is 35.5. The molecule has 0 fully saturated rings. The summed E-state index contributed by atoms with van der Waals surface area (Å²) in [4.78, 5) is 27.0. The van der Waals surface area contributed by atoms with E-state index in [1.54, 1.807) is 49.4 Å². The summed E-state index contributed by atoms with van der Waals surface area (Å²) < 4.78 is 70.2. The van der Waals surface area contributed by atoms with Crippen molar-refractivity contribution in [3.05, 3.63) is 87.4 Å². The molecule has 0 bridgehead atoms. The van der Waals surface area contributed by atoms with Crippen molar-refractivity contribution in [2.45, 2.75) is 18.3 Å². The summed E-state index contributed by atoms with van der Waals surface area (Å²) in [5.74, 6) is -3.28. The third-order valence-corrected chi connectivity index (χ3v) is 6.95. The van der Waals surface area contributed by atoms with Crippen molar-refractivity contribution in [2.24, 2.45) is 0 Å². The van der Waals surface area contributed by atoms with Crippen molar-refractivity contribution < 1.29 is 40.1 Å². The van der Waals surface area contributed by atoms with E-state index in [0.717, 1.165) is 0 Å². The lowest BCUT2D eigenvalue weighted by Gasteiger charge is -2.36. The second-order valence-electron chi connectivity index (χ2n) is 7.95. The van der Waals surface area contributed by atoms with E-state index in [9.17, 15) is 31.2 Å². The number of rotatable bonds is 5. The average Bonchev–Trinajstić information content (AvgIpc) is 2.80. The molecule has 3 aromatic rings. The number of aryl methyl sites for hydroxylation is 1. The van der Waals surface area contributed by atoms with Gasteiger partial charge in [0.2, 0.25) is 0 Å². The van der Waals surface area contributed by atoms with E-state index >= 15 is 0 Å². The topological polar surface area (TPSA) is 90.0 Å². The molecule has 1 aliphatic heterocycles. The fourth-order valence-electron chi connectivity index (χ4n) is 3.98. The Morgan fingerprint density at radius 1 is 0.973 bits per heavy atom. The van der Waals surface area contributed by atoms with Gasteiger partial charge in [-0.1, -0.05) is 59.6 Å². The number of hydrogen-bond acceptors (Lipinski definition) is 7. The Morgan fingerprint density at radius 2 is 1.51 bits per heavy atom. The Balaban J connectivity index is 1.73. The predicted molar refractivity (Wildman–Crippen MR) is 130 cm³/mol. The Morgan fingerprint density at radius 3 is 2.03 bits per heavy atom. The Bertz CT molecular complexity index is 1440. The summed E-state index contributed by atoms with van der Waals surface area (Å²) in [6.45, 7) is 0.776. The number of esters is 1. The summed E-state index contributed by atoms with van der Waals surface area (Å²) in [6, 6.07) is 15.6. The largest absolute Gasteiger partial charge is 0.534 e. The number of nitrogens with zero attached hydrogens (tertiary/aromatic N) is 1. The van der Waals surface area contributed by atoms with Crippen LogP contribution in [0.2, 0.25) is 10.0 Å². The number of para-hydroxylation sites is 2. The highest BCUT2D eigenvalue weighted by molar-refractivity contribution is 7.88. The molecule has 0 amide bonds.